The monoisotopic (exact) mass is 1310 g/mol. The minimum atomic E-state index is -0.749. The Hall–Kier alpha value is -11.1. The molecule has 0 radical (unpaired) electrons. The molecule has 0 fully saturated rings. The quantitative estimate of drug-likeness (QED) is 0.159. The van der Waals surface area contributed by atoms with Crippen molar-refractivity contribution in [1.82, 2.24) is 9.13 Å². The van der Waals surface area contributed by atoms with E-state index in [4.69, 9.17) is 11.3 Å². The molecule has 2 aliphatic rings. The maximum Gasteiger partial charge on any atom is 0.159 e. The predicted molar refractivity (Wildman–Crippen MR) is 424 cm³/mol. The van der Waals surface area contributed by atoms with Crippen LogP contribution in [0.2, 0.25) is 0 Å². The lowest BCUT2D eigenvalue weighted by molar-refractivity contribution is 0.589. The van der Waals surface area contributed by atoms with Gasteiger partial charge in [0.1, 0.15) is 0 Å². The molecular weight excluding hydrogens is 1210 g/mol. The molecule has 5 heterocycles. The lowest BCUT2D eigenvalue weighted by Crippen LogP contribution is -2.31. The van der Waals surface area contributed by atoms with Crippen molar-refractivity contribution in [3.8, 4) is 44.8 Å². The number of anilines is 6. The number of rotatable bonds is 7. The predicted octanol–water partition coefficient (Wildman–Crippen LogP) is 26.7. The first-order valence-electron chi connectivity index (χ1n) is 41.0. The first-order chi connectivity index (χ1) is 53.5. The Morgan fingerprint density at radius 2 is 0.820 bits per heavy atom. The average molecular weight is 1310 g/mol. The van der Waals surface area contributed by atoms with Crippen molar-refractivity contribution in [1.29, 1.82) is 0 Å². The van der Waals surface area contributed by atoms with Gasteiger partial charge in [-0.25, -0.2) is 0 Å². The van der Waals surface area contributed by atoms with Gasteiger partial charge in [0.05, 0.1) is 79.7 Å². The molecular formula is C95H82N4O. The Labute approximate surface area is 605 Å². The molecule has 0 bridgehead atoms. The van der Waals surface area contributed by atoms with Crippen LogP contribution in [0.4, 0.5) is 34.1 Å². The summed E-state index contributed by atoms with van der Waals surface area (Å²) >= 11 is 0. The molecule has 2 aliphatic heterocycles. The Kier molecular flexibility index (Phi) is 10.8. The van der Waals surface area contributed by atoms with E-state index in [0.29, 0.717) is 45.0 Å². The van der Waals surface area contributed by atoms with E-state index in [0.717, 1.165) is 99.8 Å². The van der Waals surface area contributed by atoms with Crippen molar-refractivity contribution in [2.45, 2.75) is 111 Å². The maximum absolute atomic E-state index is 9.80. The fourth-order valence-electron chi connectivity index (χ4n) is 15.6. The van der Waals surface area contributed by atoms with Gasteiger partial charge in [-0.15, -0.1) is 0 Å². The number of hydrogen-bond donors (Lipinski definition) is 0. The molecule has 3 aromatic heterocycles. The van der Waals surface area contributed by atoms with Crippen LogP contribution in [-0.4, -0.2) is 9.13 Å². The molecule has 1 atom stereocenters. The number of benzene rings is 13. The van der Waals surface area contributed by atoms with E-state index in [9.17, 15) is 11.0 Å². The summed E-state index contributed by atoms with van der Waals surface area (Å²) in [6.07, 6.45) is 0. The van der Waals surface area contributed by atoms with Crippen molar-refractivity contribution in [3.05, 3.63) is 312 Å². The largest absolute Gasteiger partial charge is 0.452 e. The second-order valence-electron chi connectivity index (χ2n) is 31.2. The van der Waals surface area contributed by atoms with Crippen LogP contribution in [0.15, 0.2) is 277 Å². The van der Waals surface area contributed by atoms with Crippen LogP contribution >= 0.6 is 0 Å². The van der Waals surface area contributed by atoms with Crippen LogP contribution in [0.3, 0.4) is 0 Å². The molecule has 0 saturated heterocycles. The molecule has 0 N–H and O–H groups in total. The van der Waals surface area contributed by atoms with Crippen molar-refractivity contribution >= 4 is 99.7 Å². The molecule has 1 unspecified atom stereocenters. The standard InChI is InChI=1S/C95H82N4O/c1-92(2,3)62-43-48-79-74(51-62)75-52-63(93(4,5)6)44-49-80(75)97(79)82-40-26-36-69-70-37-27-41-83(91(70)100-90(69)82)98-81-47-42-61(58-28-16-13-17-29-58)50-76(81)87-71-46-45-66(96-77-38-24-22-34-67(77)68-35-23-25-39-78(68)96)57-84(71)99(86-56-65(95(10,11)12)55-85(98)88(86)87)89-72(59-30-18-14-19-31-59)53-64(94(7,8)9)54-73(89)60-32-20-15-21-33-60/h13-57,87H,1-12H3/i13D,16D,17D,22D,23D,24D,25D,28D,29D,34D,35D,38D,39D. The fourth-order valence-corrected chi connectivity index (χ4v) is 15.6. The summed E-state index contributed by atoms with van der Waals surface area (Å²) in [6, 6.07) is 61.6. The zero-order valence-corrected chi connectivity index (χ0v) is 58.2. The second-order valence-corrected chi connectivity index (χ2v) is 31.2. The van der Waals surface area contributed by atoms with Crippen LogP contribution < -0.4 is 9.80 Å². The Morgan fingerprint density at radius 3 is 1.38 bits per heavy atom. The van der Waals surface area contributed by atoms with E-state index in [1.54, 1.807) is 4.57 Å². The Morgan fingerprint density at radius 1 is 0.310 bits per heavy atom. The summed E-state index contributed by atoms with van der Waals surface area (Å²) in [4.78, 5) is 4.61. The lowest BCUT2D eigenvalue weighted by Gasteiger charge is -2.47. The van der Waals surface area contributed by atoms with Gasteiger partial charge < -0.3 is 23.4 Å². The first kappa shape index (κ1) is 48.6. The van der Waals surface area contributed by atoms with Crippen molar-refractivity contribution in [2.75, 3.05) is 9.80 Å². The minimum Gasteiger partial charge on any atom is -0.452 e. The van der Waals surface area contributed by atoms with E-state index in [1.165, 1.54) is 11.1 Å². The van der Waals surface area contributed by atoms with Gasteiger partial charge >= 0.3 is 0 Å². The fraction of sp³-hybridized carbons (Fsp3) is 0.179. The third-order valence-corrected chi connectivity index (χ3v) is 20.8. The topological polar surface area (TPSA) is 29.5 Å². The molecule has 488 valence electrons. The second kappa shape index (κ2) is 22.2. The highest BCUT2D eigenvalue weighted by molar-refractivity contribution is 6.16. The SMILES string of the molecule is [2H]c1c([2H])c([2H])c(-c2ccc3c(c2)C2c4ccc(-n5c6c([2H])c([2H])c([2H])c([2H])c6c6c([2H])c([2H])c([2H])c([2H])c65)cc4N(c4c(-c5ccccc5)cc(C(C)(C)C)cc4-c4ccccc4)c4cc(C(C)(C)C)cc(c42)N3c2cccc3c2oc2c(-n4c5ccc(C(C)(C)C)cc5c5cc(C(C)(C)C)ccc54)cccc23)c([2H])c1[2H]. The molecule has 0 aliphatic carbocycles. The Bertz CT molecular complexity index is 6610. The normalized spacial score (nSPS) is 15.9. The third kappa shape index (κ3) is 9.56. The number of nitrogens with zero attached hydrogens (tertiary/aromatic N) is 4. The summed E-state index contributed by atoms with van der Waals surface area (Å²) in [5, 5.41) is 3.93. The summed E-state index contributed by atoms with van der Waals surface area (Å²) in [6.45, 7) is 26.7. The van der Waals surface area contributed by atoms with E-state index >= 15 is 0 Å². The van der Waals surface area contributed by atoms with Gasteiger partial charge in [0.25, 0.3) is 0 Å². The molecule has 5 heteroatoms. The number of para-hydroxylation sites is 4. The zero-order chi connectivity index (χ0) is 79.8. The highest BCUT2D eigenvalue weighted by Crippen LogP contribution is 2.64. The molecule has 0 spiro atoms. The Balaban J connectivity index is 1.00. The summed E-state index contributed by atoms with van der Waals surface area (Å²) < 4.78 is 133. The van der Waals surface area contributed by atoms with Gasteiger partial charge in [0.15, 0.2) is 11.2 Å². The average Bonchev–Trinajstić information content (AvgIpc) is 1.47. The zero-order valence-electron chi connectivity index (χ0n) is 71.2. The molecule has 18 rings (SSSR count). The molecule has 5 nitrogen and oxygen atoms in total. The molecule has 16 aromatic rings. The van der Waals surface area contributed by atoms with Crippen LogP contribution in [0.1, 0.15) is 146 Å². The summed E-state index contributed by atoms with van der Waals surface area (Å²) in [5.41, 5.74) is 18.4. The minimum absolute atomic E-state index is 0.0214. The maximum atomic E-state index is 9.80. The van der Waals surface area contributed by atoms with Gasteiger partial charge in [-0.1, -0.05) is 259 Å². The van der Waals surface area contributed by atoms with Gasteiger partial charge in [-0.3, -0.25) is 0 Å². The summed E-state index contributed by atoms with van der Waals surface area (Å²) in [5.74, 6) is -0.749. The lowest BCUT2D eigenvalue weighted by atomic mass is 9.73. The van der Waals surface area contributed by atoms with E-state index in [-0.39, 0.29) is 55.7 Å². The number of fused-ring (bicyclic) bond motifs is 13. The van der Waals surface area contributed by atoms with Gasteiger partial charge in [-0.05, 0) is 174 Å². The summed E-state index contributed by atoms with van der Waals surface area (Å²) in [7, 11) is 0. The van der Waals surface area contributed by atoms with Gasteiger partial charge in [-0.2, -0.15) is 0 Å². The number of furan rings is 1. The van der Waals surface area contributed by atoms with E-state index in [2.05, 4.69) is 219 Å². The van der Waals surface area contributed by atoms with Crippen molar-refractivity contribution < 1.29 is 22.2 Å². The van der Waals surface area contributed by atoms with E-state index in [1.807, 2.05) is 72.8 Å². The van der Waals surface area contributed by atoms with Crippen LogP contribution in [0.5, 0.6) is 0 Å². The van der Waals surface area contributed by atoms with Gasteiger partial charge in [0.2, 0.25) is 0 Å². The van der Waals surface area contributed by atoms with Crippen molar-refractivity contribution in [3.63, 3.8) is 0 Å². The number of hydrogen-bond acceptors (Lipinski definition) is 3. The van der Waals surface area contributed by atoms with Crippen LogP contribution in [-0.2, 0) is 21.7 Å². The van der Waals surface area contributed by atoms with E-state index < -0.39 is 77.8 Å². The molecule has 100 heavy (non-hydrogen) atoms. The number of aromatic nitrogens is 2. The highest BCUT2D eigenvalue weighted by Gasteiger charge is 2.44. The molecule has 13 aromatic carbocycles. The van der Waals surface area contributed by atoms with Crippen molar-refractivity contribution in [2.24, 2.45) is 0 Å². The molecule has 0 amide bonds. The molecule has 0 saturated carbocycles. The van der Waals surface area contributed by atoms with Gasteiger partial charge in [0, 0.05) is 60.6 Å². The van der Waals surface area contributed by atoms with Crippen LogP contribution in [0, 0.1) is 0 Å². The first-order valence-corrected chi connectivity index (χ1v) is 34.5. The smallest absolute Gasteiger partial charge is 0.159 e. The van der Waals surface area contributed by atoms with Crippen LogP contribution in [0.25, 0.3) is 110 Å². The third-order valence-electron chi connectivity index (χ3n) is 20.8. The highest BCUT2D eigenvalue weighted by atomic mass is 16.3.